The molecule has 0 spiro atoms. The fraction of sp³-hybridized carbons (Fsp3) is 0.533. The lowest BCUT2D eigenvalue weighted by molar-refractivity contribution is 0.244. The Hall–Kier alpha value is -1.01. The molecule has 0 heterocycles. The van der Waals surface area contributed by atoms with E-state index < -0.39 is 10.8 Å². The summed E-state index contributed by atoms with van der Waals surface area (Å²) in [6, 6.07) is 7.23. The van der Waals surface area contributed by atoms with Gasteiger partial charge < -0.3 is 10.6 Å². The zero-order valence-electron chi connectivity index (χ0n) is 12.4. The Morgan fingerprint density at radius 1 is 1.38 bits per heavy atom. The van der Waals surface area contributed by atoms with Crippen LogP contribution in [-0.4, -0.2) is 34.0 Å². The van der Waals surface area contributed by atoms with Crippen molar-refractivity contribution in [3.05, 3.63) is 24.3 Å². The maximum Gasteiger partial charge on any atom is 0.319 e. The molecule has 1 saturated carbocycles. The molecule has 0 radical (unpaired) electrons. The SMILES string of the molecule is CS[C@@H]1CCC[C@@H](NC(=O)Nc2cccc([S@](C)=O)c2)C1. The van der Waals surface area contributed by atoms with Crippen LogP contribution in [0.2, 0.25) is 0 Å². The quantitative estimate of drug-likeness (QED) is 0.893. The molecule has 4 nitrogen and oxygen atoms in total. The van der Waals surface area contributed by atoms with Crippen LogP contribution in [0.25, 0.3) is 0 Å². The number of amides is 2. The van der Waals surface area contributed by atoms with Gasteiger partial charge >= 0.3 is 6.03 Å². The van der Waals surface area contributed by atoms with E-state index in [1.807, 2.05) is 17.8 Å². The first-order valence-electron chi connectivity index (χ1n) is 7.12. The molecule has 21 heavy (non-hydrogen) atoms. The molecule has 0 bridgehead atoms. The van der Waals surface area contributed by atoms with Gasteiger partial charge in [0.15, 0.2) is 0 Å². The monoisotopic (exact) mass is 326 g/mol. The molecule has 116 valence electrons. The van der Waals surface area contributed by atoms with E-state index >= 15 is 0 Å². The van der Waals surface area contributed by atoms with E-state index in [2.05, 4.69) is 16.9 Å². The fourth-order valence-corrected chi connectivity index (χ4v) is 3.99. The predicted molar refractivity (Wildman–Crippen MR) is 90.5 cm³/mol. The van der Waals surface area contributed by atoms with Crippen molar-refractivity contribution in [2.45, 2.75) is 41.9 Å². The number of hydrogen-bond donors (Lipinski definition) is 2. The molecule has 1 aromatic rings. The van der Waals surface area contributed by atoms with Crippen molar-refractivity contribution in [2.75, 3.05) is 17.8 Å². The topological polar surface area (TPSA) is 58.2 Å². The Kier molecular flexibility index (Phi) is 6.11. The highest BCUT2D eigenvalue weighted by Crippen LogP contribution is 2.26. The van der Waals surface area contributed by atoms with E-state index in [0.29, 0.717) is 15.8 Å². The lowest BCUT2D eigenvalue weighted by Gasteiger charge is -2.28. The first-order chi connectivity index (χ1) is 10.1. The number of hydrogen-bond acceptors (Lipinski definition) is 3. The van der Waals surface area contributed by atoms with E-state index in [9.17, 15) is 9.00 Å². The summed E-state index contributed by atoms with van der Waals surface area (Å²) in [5.41, 5.74) is 0.678. The molecule has 1 aliphatic rings. The molecular formula is C15H22N2O2S2. The zero-order valence-corrected chi connectivity index (χ0v) is 14.1. The number of carbonyl (C=O) groups excluding carboxylic acids is 1. The number of anilines is 1. The molecule has 1 fully saturated rings. The molecule has 3 atom stereocenters. The van der Waals surface area contributed by atoms with Gasteiger partial charge in [0.25, 0.3) is 0 Å². The second kappa shape index (κ2) is 7.84. The van der Waals surface area contributed by atoms with Crippen LogP contribution in [0.3, 0.4) is 0 Å². The first-order valence-corrected chi connectivity index (χ1v) is 9.97. The largest absolute Gasteiger partial charge is 0.335 e. The van der Waals surface area contributed by atoms with E-state index in [0.717, 1.165) is 12.8 Å². The summed E-state index contributed by atoms with van der Waals surface area (Å²) in [6.07, 6.45) is 8.25. The summed E-state index contributed by atoms with van der Waals surface area (Å²) in [6.45, 7) is 0. The summed E-state index contributed by atoms with van der Waals surface area (Å²) in [5, 5.41) is 6.52. The molecule has 2 amide bonds. The Morgan fingerprint density at radius 2 is 2.19 bits per heavy atom. The minimum Gasteiger partial charge on any atom is -0.335 e. The Morgan fingerprint density at radius 3 is 2.90 bits per heavy atom. The van der Waals surface area contributed by atoms with E-state index in [-0.39, 0.29) is 12.1 Å². The Bertz CT molecular complexity index is 522. The van der Waals surface area contributed by atoms with E-state index in [1.165, 1.54) is 12.8 Å². The molecule has 1 aromatic carbocycles. The van der Waals surface area contributed by atoms with Crippen LogP contribution in [0.5, 0.6) is 0 Å². The standard InChI is InChI=1S/C15H22N2O2S2/c1-20-13-7-3-5-11(9-13)16-15(18)17-12-6-4-8-14(10-12)21(2)19/h4,6,8,10-11,13H,3,5,7,9H2,1-2H3,(H2,16,17,18)/t11-,13-,21+/m1/s1. The number of carbonyl (C=O) groups is 1. The lowest BCUT2D eigenvalue weighted by atomic mass is 9.95. The van der Waals surface area contributed by atoms with E-state index in [1.54, 1.807) is 24.5 Å². The van der Waals surface area contributed by atoms with Gasteiger partial charge in [0.05, 0.1) is 0 Å². The van der Waals surface area contributed by atoms with Crippen LogP contribution in [0.15, 0.2) is 29.2 Å². The molecular weight excluding hydrogens is 304 g/mol. The third-order valence-electron chi connectivity index (χ3n) is 3.72. The highest BCUT2D eigenvalue weighted by Gasteiger charge is 2.22. The van der Waals surface area contributed by atoms with Crippen LogP contribution in [0.1, 0.15) is 25.7 Å². The summed E-state index contributed by atoms with van der Waals surface area (Å²) in [5.74, 6) is 0. The summed E-state index contributed by atoms with van der Waals surface area (Å²) < 4.78 is 11.4. The number of urea groups is 1. The summed E-state index contributed by atoms with van der Waals surface area (Å²) in [4.78, 5) is 12.8. The van der Waals surface area contributed by atoms with Gasteiger partial charge in [0.2, 0.25) is 0 Å². The van der Waals surface area contributed by atoms with Crippen molar-refractivity contribution in [3.63, 3.8) is 0 Å². The number of benzene rings is 1. The van der Waals surface area contributed by atoms with Crippen LogP contribution < -0.4 is 10.6 Å². The van der Waals surface area contributed by atoms with Crippen LogP contribution in [-0.2, 0) is 10.8 Å². The highest BCUT2D eigenvalue weighted by atomic mass is 32.2. The molecule has 0 aromatic heterocycles. The molecule has 0 unspecified atom stereocenters. The number of nitrogens with one attached hydrogen (secondary N) is 2. The lowest BCUT2D eigenvalue weighted by Crippen LogP contribution is -2.41. The zero-order chi connectivity index (χ0) is 15.2. The third-order valence-corrected chi connectivity index (χ3v) is 5.73. The van der Waals surface area contributed by atoms with Gasteiger partial charge in [-0.1, -0.05) is 12.5 Å². The normalized spacial score (nSPS) is 23.3. The molecule has 0 aliphatic heterocycles. The second-order valence-corrected chi connectivity index (χ2v) is 7.82. The molecule has 2 rings (SSSR count). The van der Waals surface area contributed by atoms with Crippen LogP contribution in [0.4, 0.5) is 10.5 Å². The average Bonchev–Trinajstić information content (AvgIpc) is 2.47. The van der Waals surface area contributed by atoms with E-state index in [4.69, 9.17) is 0 Å². The Balaban J connectivity index is 1.89. The van der Waals surface area contributed by atoms with Gasteiger partial charge in [-0.05, 0) is 43.7 Å². The van der Waals surface area contributed by atoms with Crippen molar-refractivity contribution in [3.8, 4) is 0 Å². The van der Waals surface area contributed by atoms with Gasteiger partial charge in [-0.15, -0.1) is 0 Å². The first kappa shape index (κ1) is 16.4. The van der Waals surface area contributed by atoms with Crippen LogP contribution >= 0.6 is 11.8 Å². The van der Waals surface area contributed by atoms with Crippen LogP contribution in [0, 0.1) is 0 Å². The van der Waals surface area contributed by atoms with Gasteiger partial charge in [-0.3, -0.25) is 4.21 Å². The average molecular weight is 326 g/mol. The molecule has 0 saturated heterocycles. The van der Waals surface area contributed by atoms with Crippen molar-refractivity contribution in [2.24, 2.45) is 0 Å². The van der Waals surface area contributed by atoms with Crippen molar-refractivity contribution in [1.82, 2.24) is 5.32 Å². The maximum absolute atomic E-state index is 12.1. The van der Waals surface area contributed by atoms with Gasteiger partial charge in [-0.2, -0.15) is 11.8 Å². The van der Waals surface area contributed by atoms with Crippen molar-refractivity contribution in [1.29, 1.82) is 0 Å². The fourth-order valence-electron chi connectivity index (χ4n) is 2.60. The third kappa shape index (κ3) is 5.04. The second-order valence-electron chi connectivity index (χ2n) is 5.30. The minimum absolute atomic E-state index is 0.180. The molecule has 6 heteroatoms. The predicted octanol–water partition coefficient (Wildman–Crippen LogP) is 3.22. The summed E-state index contributed by atoms with van der Waals surface area (Å²) >= 11 is 1.88. The van der Waals surface area contributed by atoms with Gasteiger partial charge in [-0.25, -0.2) is 4.79 Å². The Labute approximate surface area is 132 Å². The molecule has 2 N–H and O–H groups in total. The summed E-state index contributed by atoms with van der Waals surface area (Å²) in [7, 11) is -1.04. The highest BCUT2D eigenvalue weighted by molar-refractivity contribution is 7.99. The molecule has 1 aliphatic carbocycles. The van der Waals surface area contributed by atoms with Gasteiger partial charge in [0, 0.05) is 38.9 Å². The number of thioether (sulfide) groups is 1. The van der Waals surface area contributed by atoms with Crippen molar-refractivity contribution < 1.29 is 9.00 Å². The van der Waals surface area contributed by atoms with Crippen molar-refractivity contribution >= 4 is 34.3 Å². The number of rotatable bonds is 4. The van der Waals surface area contributed by atoms with Gasteiger partial charge in [0.1, 0.15) is 0 Å². The smallest absolute Gasteiger partial charge is 0.319 e. The minimum atomic E-state index is -1.04. The maximum atomic E-state index is 12.1.